The summed E-state index contributed by atoms with van der Waals surface area (Å²) in [5, 5.41) is 6.68. The third kappa shape index (κ3) is 4.82. The van der Waals surface area contributed by atoms with E-state index in [2.05, 4.69) is 25.4 Å². The van der Waals surface area contributed by atoms with Crippen LogP contribution in [-0.2, 0) is 5.67 Å². The monoisotopic (exact) mass is 471 g/mol. The quantitative estimate of drug-likeness (QED) is 0.575. The number of benzene rings is 1. The van der Waals surface area contributed by atoms with Gasteiger partial charge in [0, 0.05) is 33.1 Å². The number of halogens is 2. The Hall–Kier alpha value is -3.63. The number of carbonyl (C=O) groups is 1. The van der Waals surface area contributed by atoms with Gasteiger partial charge < -0.3 is 19.6 Å². The second kappa shape index (κ2) is 9.32. The summed E-state index contributed by atoms with van der Waals surface area (Å²) >= 11 is 0. The lowest BCUT2D eigenvalue weighted by Crippen LogP contribution is -2.34. The van der Waals surface area contributed by atoms with Crippen LogP contribution in [-0.4, -0.2) is 58.1 Å². The van der Waals surface area contributed by atoms with Crippen LogP contribution < -0.4 is 10.2 Å². The minimum absolute atomic E-state index is 0.0159. The van der Waals surface area contributed by atoms with Gasteiger partial charge in [0.05, 0.1) is 11.3 Å². The molecule has 1 saturated heterocycles. The molecular weight excluding hydrogens is 444 g/mol. The zero-order valence-corrected chi connectivity index (χ0v) is 19.5. The molecule has 4 rings (SSSR count). The Morgan fingerprint density at radius 3 is 2.56 bits per heavy atom. The number of hydrogen-bond donors (Lipinski definition) is 1. The number of nitrogens with zero attached hydrogens (tertiary/aromatic N) is 6. The van der Waals surface area contributed by atoms with Gasteiger partial charge in [-0.05, 0) is 38.8 Å². The zero-order chi connectivity index (χ0) is 24.5. The molecule has 1 N–H and O–H groups in total. The molecule has 0 radical (unpaired) electrons. The first-order valence-electron chi connectivity index (χ1n) is 11.0. The van der Waals surface area contributed by atoms with Crippen molar-refractivity contribution >= 4 is 23.2 Å². The lowest BCUT2D eigenvalue weighted by Gasteiger charge is -2.31. The third-order valence-electron chi connectivity index (χ3n) is 5.71. The minimum atomic E-state index is -1.67. The molecule has 1 fully saturated rings. The van der Waals surface area contributed by atoms with Gasteiger partial charge in [-0.1, -0.05) is 17.3 Å². The van der Waals surface area contributed by atoms with Crippen molar-refractivity contribution in [2.75, 3.05) is 37.4 Å². The average molecular weight is 472 g/mol. The van der Waals surface area contributed by atoms with Crippen molar-refractivity contribution in [3.05, 3.63) is 53.7 Å². The zero-order valence-electron chi connectivity index (χ0n) is 19.5. The van der Waals surface area contributed by atoms with Crippen LogP contribution in [0.2, 0.25) is 0 Å². The van der Waals surface area contributed by atoms with Crippen molar-refractivity contribution in [1.82, 2.24) is 25.0 Å². The molecule has 0 unspecified atom stereocenters. The number of alkyl halides is 1. The van der Waals surface area contributed by atoms with E-state index in [1.54, 1.807) is 38.4 Å². The summed E-state index contributed by atoms with van der Waals surface area (Å²) in [7, 11) is 3.30. The van der Waals surface area contributed by atoms with Crippen molar-refractivity contribution < 1.29 is 18.1 Å². The van der Waals surface area contributed by atoms with Gasteiger partial charge in [0.2, 0.25) is 17.5 Å². The molecular formula is C23H27F2N7O2. The van der Waals surface area contributed by atoms with Crippen molar-refractivity contribution in [2.45, 2.75) is 38.3 Å². The summed E-state index contributed by atoms with van der Waals surface area (Å²) in [6.07, 6.45) is 2.54. The van der Waals surface area contributed by atoms with E-state index in [4.69, 9.17) is 4.52 Å². The van der Waals surface area contributed by atoms with Crippen LogP contribution in [0.1, 0.15) is 54.7 Å². The highest BCUT2D eigenvalue weighted by molar-refractivity contribution is 6.00. The molecule has 11 heteroatoms. The number of nitrogens with one attached hydrogen (secondary N) is 1. The molecule has 0 aliphatic carbocycles. The third-order valence-corrected chi connectivity index (χ3v) is 5.71. The van der Waals surface area contributed by atoms with E-state index >= 15 is 4.39 Å². The van der Waals surface area contributed by atoms with Crippen LogP contribution in [0.15, 0.2) is 35.1 Å². The maximum Gasteiger partial charge on any atom is 0.255 e. The number of piperidine rings is 1. The van der Waals surface area contributed by atoms with Gasteiger partial charge in [0.15, 0.2) is 17.3 Å². The molecule has 1 aromatic carbocycles. The molecule has 2 aromatic heterocycles. The van der Waals surface area contributed by atoms with Crippen LogP contribution >= 0.6 is 0 Å². The van der Waals surface area contributed by atoms with Crippen molar-refractivity contribution in [3.63, 3.8) is 0 Å². The first kappa shape index (κ1) is 23.5. The number of carbonyl (C=O) groups excluding carboxylic acids is 1. The molecule has 0 atom stereocenters. The van der Waals surface area contributed by atoms with Gasteiger partial charge in [0.25, 0.3) is 5.91 Å². The fourth-order valence-corrected chi connectivity index (χ4v) is 3.80. The number of hydrogen-bond acceptors (Lipinski definition) is 8. The summed E-state index contributed by atoms with van der Waals surface area (Å²) in [5.41, 5.74) is -0.819. The molecule has 0 spiro atoms. The van der Waals surface area contributed by atoms with Gasteiger partial charge in [-0.15, -0.1) is 0 Å². The summed E-state index contributed by atoms with van der Waals surface area (Å²) in [6.45, 7) is 3.76. The smallest absolute Gasteiger partial charge is 0.255 e. The fourth-order valence-electron chi connectivity index (χ4n) is 3.80. The maximum absolute atomic E-state index is 15.4. The topological polar surface area (TPSA) is 100 Å². The van der Waals surface area contributed by atoms with Crippen molar-refractivity contribution in [3.8, 4) is 0 Å². The number of rotatable bonds is 6. The Kier molecular flexibility index (Phi) is 6.45. The Morgan fingerprint density at radius 2 is 1.91 bits per heavy atom. The first-order chi connectivity index (χ1) is 16.1. The molecule has 1 aliphatic heterocycles. The Labute approximate surface area is 196 Å². The van der Waals surface area contributed by atoms with E-state index in [1.807, 2.05) is 4.90 Å². The number of anilines is 3. The van der Waals surface area contributed by atoms with Crippen LogP contribution in [0.5, 0.6) is 0 Å². The Morgan fingerprint density at radius 1 is 1.21 bits per heavy atom. The molecule has 3 heterocycles. The van der Waals surface area contributed by atoms with Crippen molar-refractivity contribution in [2.24, 2.45) is 0 Å². The van der Waals surface area contributed by atoms with Crippen LogP contribution in [0, 0.1) is 5.82 Å². The summed E-state index contributed by atoms with van der Waals surface area (Å²) in [6, 6.07) is 6.87. The van der Waals surface area contributed by atoms with Gasteiger partial charge >= 0.3 is 0 Å². The van der Waals surface area contributed by atoms with E-state index in [1.165, 1.54) is 25.1 Å². The standard InChI is InChI=1S/C23H27F2N7O2/c1-23(2,25)22-29-20(34-30-22)14-9-11-32(12-10-14)19-17(24)18(26-13-27-19)28-16-8-6-5-7-15(16)21(33)31(3)4/h5-8,13-14H,9-12H2,1-4H3,(H,26,27,28). The van der Waals surface area contributed by atoms with Gasteiger partial charge in [-0.25, -0.2) is 14.4 Å². The van der Waals surface area contributed by atoms with Crippen LogP contribution in [0.4, 0.5) is 26.1 Å². The summed E-state index contributed by atoms with van der Waals surface area (Å²) in [4.78, 5) is 28.1. The van der Waals surface area contributed by atoms with Gasteiger partial charge in [0.1, 0.15) is 6.33 Å². The highest BCUT2D eigenvalue weighted by atomic mass is 19.1. The molecule has 3 aromatic rings. The van der Waals surface area contributed by atoms with Crippen LogP contribution in [0.3, 0.4) is 0 Å². The minimum Gasteiger partial charge on any atom is -0.354 e. The molecule has 0 saturated carbocycles. The molecule has 1 aliphatic rings. The largest absolute Gasteiger partial charge is 0.354 e. The SMILES string of the molecule is CN(C)C(=O)c1ccccc1Nc1ncnc(N2CCC(c3nc(C(C)(C)F)no3)CC2)c1F. The van der Waals surface area contributed by atoms with Crippen LogP contribution in [0.25, 0.3) is 0 Å². The highest BCUT2D eigenvalue weighted by Crippen LogP contribution is 2.33. The highest BCUT2D eigenvalue weighted by Gasteiger charge is 2.31. The average Bonchev–Trinajstić information content (AvgIpc) is 3.32. The lowest BCUT2D eigenvalue weighted by atomic mass is 9.96. The Bertz CT molecular complexity index is 1170. The number of aromatic nitrogens is 4. The van der Waals surface area contributed by atoms with E-state index < -0.39 is 11.5 Å². The molecule has 34 heavy (non-hydrogen) atoms. The summed E-state index contributed by atoms with van der Waals surface area (Å²) < 4.78 is 34.7. The van der Waals surface area contributed by atoms with Gasteiger partial charge in [-0.3, -0.25) is 4.79 Å². The fraction of sp³-hybridized carbons (Fsp3) is 0.435. The van der Waals surface area contributed by atoms with Crippen molar-refractivity contribution in [1.29, 1.82) is 0 Å². The number of amides is 1. The van der Waals surface area contributed by atoms with E-state index in [-0.39, 0.29) is 29.3 Å². The first-order valence-corrected chi connectivity index (χ1v) is 11.0. The number of para-hydroxylation sites is 1. The van der Waals surface area contributed by atoms with E-state index in [0.717, 1.165) is 0 Å². The second-order valence-corrected chi connectivity index (χ2v) is 8.92. The Balaban J connectivity index is 1.49. The van der Waals surface area contributed by atoms with E-state index in [0.29, 0.717) is 43.1 Å². The molecule has 1 amide bonds. The predicted molar refractivity (Wildman–Crippen MR) is 122 cm³/mol. The second-order valence-electron chi connectivity index (χ2n) is 8.92. The van der Waals surface area contributed by atoms with Gasteiger partial charge in [-0.2, -0.15) is 9.37 Å². The maximum atomic E-state index is 15.4. The molecule has 9 nitrogen and oxygen atoms in total. The predicted octanol–water partition coefficient (Wildman–Crippen LogP) is 4.03. The van der Waals surface area contributed by atoms with E-state index in [9.17, 15) is 9.18 Å². The molecule has 0 bridgehead atoms. The summed E-state index contributed by atoms with van der Waals surface area (Å²) in [5.74, 6) is -0.274. The lowest BCUT2D eigenvalue weighted by molar-refractivity contribution is 0.0828. The molecule has 180 valence electrons. The normalized spacial score (nSPS) is 14.8.